The molecule has 5 N–H and O–H groups in total. The largest absolute Gasteiger partial charge is 0.491 e. The van der Waals surface area contributed by atoms with Crippen LogP contribution in [0.25, 0.3) is 0 Å². The molecule has 0 radical (unpaired) electrons. The maximum atomic E-state index is 12.5. The number of ketones is 1. The van der Waals surface area contributed by atoms with Crippen molar-refractivity contribution in [2.75, 3.05) is 43.8 Å². The van der Waals surface area contributed by atoms with Crippen molar-refractivity contribution >= 4 is 17.4 Å². The number of nitrogens with two attached hydrogens (primary N) is 1. The van der Waals surface area contributed by atoms with E-state index >= 15 is 0 Å². The molecule has 1 aliphatic heterocycles. The Bertz CT molecular complexity index is 1300. The lowest BCUT2D eigenvalue weighted by Crippen LogP contribution is -2.41. The summed E-state index contributed by atoms with van der Waals surface area (Å²) in [6, 6.07) is 3.36. The Labute approximate surface area is 255 Å². The molecule has 0 saturated carbocycles. The van der Waals surface area contributed by atoms with Crippen molar-refractivity contribution in [1.82, 2.24) is 20.2 Å². The summed E-state index contributed by atoms with van der Waals surface area (Å²) < 4.78 is 6.85. The van der Waals surface area contributed by atoms with Gasteiger partial charge in [-0.05, 0) is 100 Å². The fourth-order valence-electron chi connectivity index (χ4n) is 5.57. The number of aromatic nitrogens is 3. The van der Waals surface area contributed by atoms with Crippen LogP contribution in [0.5, 0.6) is 5.75 Å². The molecule has 0 fully saturated rings. The van der Waals surface area contributed by atoms with E-state index in [4.69, 9.17) is 10.5 Å². The van der Waals surface area contributed by atoms with Gasteiger partial charge < -0.3 is 21.0 Å². The van der Waals surface area contributed by atoms with Crippen LogP contribution in [-0.4, -0.2) is 64.7 Å². The van der Waals surface area contributed by atoms with Gasteiger partial charge in [-0.3, -0.25) is 20.0 Å². The number of carbonyl (C=O) groups excluding carboxylic acids is 1. The predicted molar refractivity (Wildman–Crippen MR) is 169 cm³/mol. The van der Waals surface area contributed by atoms with Crippen molar-refractivity contribution in [3.05, 3.63) is 71.0 Å². The highest BCUT2D eigenvalue weighted by molar-refractivity contribution is 5.84. The molecule has 0 saturated heterocycles. The van der Waals surface area contributed by atoms with Crippen LogP contribution in [0.15, 0.2) is 65.3 Å². The van der Waals surface area contributed by atoms with Crippen LogP contribution in [0.1, 0.15) is 70.9 Å². The number of nitrogen functional groups attached to an aromatic ring is 1. The van der Waals surface area contributed by atoms with E-state index in [9.17, 15) is 10.0 Å². The average Bonchev–Trinajstić information content (AvgIpc) is 2.98. The average molecular weight is 591 g/mol. The van der Waals surface area contributed by atoms with Crippen molar-refractivity contribution in [3.8, 4) is 5.75 Å². The zero-order valence-corrected chi connectivity index (χ0v) is 25.9. The van der Waals surface area contributed by atoms with E-state index in [1.54, 1.807) is 13.1 Å². The number of carbonyl (C=O) groups is 1. The summed E-state index contributed by atoms with van der Waals surface area (Å²) in [5, 5.41) is 16.9. The van der Waals surface area contributed by atoms with E-state index < -0.39 is 6.04 Å². The number of unbranched alkanes of at least 4 members (excludes halogenated alkanes) is 1. The van der Waals surface area contributed by atoms with Gasteiger partial charge in [0.2, 0.25) is 5.82 Å². The van der Waals surface area contributed by atoms with Crippen LogP contribution in [-0.2, 0) is 4.79 Å². The summed E-state index contributed by atoms with van der Waals surface area (Å²) >= 11 is 0. The Kier molecular flexibility index (Phi) is 12.0. The lowest BCUT2D eigenvalue weighted by atomic mass is 9.91. The quantitative estimate of drug-likeness (QED) is 0.135. The molecule has 3 heterocycles. The van der Waals surface area contributed by atoms with Crippen molar-refractivity contribution in [1.29, 1.82) is 0 Å². The van der Waals surface area contributed by atoms with Gasteiger partial charge >= 0.3 is 5.82 Å². The molecule has 2 aromatic heterocycles. The zero-order chi connectivity index (χ0) is 30.6. The van der Waals surface area contributed by atoms with E-state index in [1.165, 1.54) is 47.7 Å². The molecule has 1 aliphatic carbocycles. The smallest absolute Gasteiger partial charge is 0.357 e. The molecule has 4 rings (SSSR count). The summed E-state index contributed by atoms with van der Waals surface area (Å²) in [5.74, 6) is 1.06. The Morgan fingerprint density at radius 1 is 1.16 bits per heavy atom. The third-order valence-corrected chi connectivity index (χ3v) is 8.29. The minimum Gasteiger partial charge on any atom is -0.491 e. The minimum absolute atomic E-state index is 0.0323. The van der Waals surface area contributed by atoms with Gasteiger partial charge in [0.1, 0.15) is 12.4 Å². The van der Waals surface area contributed by atoms with Gasteiger partial charge in [0.15, 0.2) is 18.0 Å². The molecular formula is C33H48N7O3+. The first-order valence-electron chi connectivity index (χ1n) is 15.5. The molecule has 0 unspecified atom stereocenters. The number of nitrogens with one attached hydrogen (secondary N) is 2. The van der Waals surface area contributed by atoms with Gasteiger partial charge in [0.25, 0.3) is 0 Å². The fourth-order valence-corrected chi connectivity index (χ4v) is 5.57. The lowest BCUT2D eigenvalue weighted by molar-refractivity contribution is -0.893. The Balaban J connectivity index is 1.34. The van der Waals surface area contributed by atoms with Crippen molar-refractivity contribution in [2.45, 2.75) is 78.2 Å². The summed E-state index contributed by atoms with van der Waals surface area (Å²) in [4.78, 5) is 23.2. The zero-order valence-electron chi connectivity index (χ0n) is 25.9. The number of hydrogen-bond acceptors (Lipinski definition) is 9. The van der Waals surface area contributed by atoms with Crippen molar-refractivity contribution < 1.29 is 19.5 Å². The van der Waals surface area contributed by atoms with Crippen LogP contribution in [0, 0.1) is 6.92 Å². The molecule has 0 spiro atoms. The molecule has 10 heteroatoms. The molecule has 232 valence electrons. The molecule has 1 atom stereocenters. The number of rotatable bonds is 15. The first-order chi connectivity index (χ1) is 20.8. The number of anilines is 2. The van der Waals surface area contributed by atoms with E-state index in [2.05, 4.69) is 44.6 Å². The second-order valence-corrected chi connectivity index (χ2v) is 11.6. The Hall–Kier alpha value is -3.92. The van der Waals surface area contributed by atoms with Gasteiger partial charge in [-0.25, -0.2) is 4.98 Å². The number of Topliss-reactive ketones (excluding diaryl/α,β-unsaturated/α-hetero) is 1. The molecule has 0 aromatic carbocycles. The third kappa shape index (κ3) is 9.81. The summed E-state index contributed by atoms with van der Waals surface area (Å²) in [6.07, 6.45) is 17.5. The molecule has 10 nitrogen and oxygen atoms in total. The molecule has 0 amide bonds. The molecule has 2 aliphatic rings. The highest BCUT2D eigenvalue weighted by atomic mass is 16.5. The first-order valence-corrected chi connectivity index (χ1v) is 15.5. The van der Waals surface area contributed by atoms with E-state index in [0.717, 1.165) is 67.9 Å². The summed E-state index contributed by atoms with van der Waals surface area (Å²) in [5.41, 5.74) is 12.7. The van der Waals surface area contributed by atoms with Crippen LogP contribution < -0.4 is 25.8 Å². The maximum Gasteiger partial charge on any atom is 0.357 e. The number of nitrogens with zero attached hydrogens (tertiary/aromatic N) is 4. The van der Waals surface area contributed by atoms with Gasteiger partial charge in [-0.15, -0.1) is 0 Å². The van der Waals surface area contributed by atoms with Crippen LogP contribution in [0.3, 0.4) is 0 Å². The summed E-state index contributed by atoms with van der Waals surface area (Å²) in [6.45, 7) is 9.69. The van der Waals surface area contributed by atoms with Gasteiger partial charge in [-0.2, -0.15) is 0 Å². The van der Waals surface area contributed by atoms with Crippen molar-refractivity contribution in [2.24, 2.45) is 0 Å². The summed E-state index contributed by atoms with van der Waals surface area (Å²) in [7, 11) is 0. The number of pyridine rings is 1. The number of hydrogen-bond donors (Lipinski definition) is 4. The van der Waals surface area contributed by atoms with Gasteiger partial charge in [-0.1, -0.05) is 17.7 Å². The topological polar surface area (TPSA) is 130 Å². The van der Waals surface area contributed by atoms with Gasteiger partial charge in [0, 0.05) is 37.4 Å². The highest BCUT2D eigenvalue weighted by Gasteiger charge is 2.25. The van der Waals surface area contributed by atoms with Crippen molar-refractivity contribution in [3.63, 3.8) is 0 Å². The molecule has 0 bridgehead atoms. The minimum atomic E-state index is -0.518. The number of allylic oxidation sites excluding steroid dienone is 6. The van der Waals surface area contributed by atoms with Gasteiger partial charge in [0.05, 0.1) is 12.4 Å². The van der Waals surface area contributed by atoms with E-state index in [-0.39, 0.29) is 17.4 Å². The standard InChI is InChI=1S/C33H47N7O3/c1-24-9-14-31-28(8-6-16-35-31)12-11-27(24)7-4-5-18-39(21-22-43-29-13-10-25(2)37-23-29)19-15-30(26(3)41)38-33-32(34)36-17-20-40(33)42/h10-13,17,20,23,30,35,42H,4-9,14-16,18-19,21-22H2,1-3H3,(H2,34,36)/p+1/b12-11-,27-24-/t30-/m0/s1. The molecule has 43 heavy (non-hydrogen) atoms. The number of aryl methyl sites for hydroxylation is 1. The van der Waals surface area contributed by atoms with Crippen LogP contribution in [0.2, 0.25) is 0 Å². The van der Waals surface area contributed by atoms with Crippen LogP contribution in [0.4, 0.5) is 11.6 Å². The van der Waals surface area contributed by atoms with E-state index in [1.807, 2.05) is 19.1 Å². The Morgan fingerprint density at radius 3 is 2.79 bits per heavy atom. The highest BCUT2D eigenvalue weighted by Crippen LogP contribution is 2.28. The predicted octanol–water partition coefficient (Wildman–Crippen LogP) is 4.51. The normalized spacial score (nSPS) is 18.3. The fraction of sp³-hybridized carbons (Fsp3) is 0.515. The number of ether oxygens (including phenoxy) is 1. The lowest BCUT2D eigenvalue weighted by Gasteiger charge is -2.24. The van der Waals surface area contributed by atoms with E-state index in [0.29, 0.717) is 19.6 Å². The molecule has 2 aromatic rings. The third-order valence-electron chi connectivity index (χ3n) is 8.29. The first kappa shape index (κ1) is 32.0. The Morgan fingerprint density at radius 2 is 2.02 bits per heavy atom. The maximum absolute atomic E-state index is 12.5. The second-order valence-electron chi connectivity index (χ2n) is 11.6. The SMILES string of the molecule is CC(=O)[C@H](CCN(CCCCC1=C(\C)CCC2=C(/C=C\1)CCCN2)CCOc1ccc(C)nc1)Nc1c(N)ncc[n+]1O. The van der Waals surface area contributed by atoms with Crippen LogP contribution >= 0.6 is 0 Å². The molecular weight excluding hydrogens is 542 g/mol. The monoisotopic (exact) mass is 590 g/mol. The second kappa shape index (κ2) is 16.1.